The number of para-hydroxylation sites is 1. The molecule has 21 heavy (non-hydrogen) atoms. The van der Waals surface area contributed by atoms with Crippen LogP contribution in [0, 0.1) is 0 Å². The first-order valence-electron chi connectivity index (χ1n) is 7.59. The average Bonchev–Trinajstić information content (AvgIpc) is 2.49. The molecule has 116 valence electrons. The average molecular weight is 310 g/mol. The summed E-state index contributed by atoms with van der Waals surface area (Å²) >= 11 is 0. The van der Waals surface area contributed by atoms with Gasteiger partial charge in [0.25, 0.3) is 0 Å². The summed E-state index contributed by atoms with van der Waals surface area (Å²) in [6.45, 7) is 6.50. The van der Waals surface area contributed by atoms with Crippen molar-refractivity contribution in [1.82, 2.24) is 10.2 Å². The van der Waals surface area contributed by atoms with Crippen LogP contribution in [-0.4, -0.2) is 49.6 Å². The molecule has 1 N–H and O–H groups in total. The number of aryl methyl sites for hydroxylation is 1. The highest BCUT2D eigenvalue weighted by Crippen LogP contribution is 2.26. The van der Waals surface area contributed by atoms with Crippen LogP contribution >= 0.6 is 12.4 Å². The minimum atomic E-state index is 0. The summed E-state index contributed by atoms with van der Waals surface area (Å²) in [6, 6.07) is 8.74. The van der Waals surface area contributed by atoms with Crippen LogP contribution in [0.3, 0.4) is 0 Å². The van der Waals surface area contributed by atoms with Crippen LogP contribution in [0.2, 0.25) is 0 Å². The topological polar surface area (TPSA) is 35.6 Å². The van der Waals surface area contributed by atoms with Crippen LogP contribution in [0.15, 0.2) is 24.3 Å². The van der Waals surface area contributed by atoms with E-state index in [1.54, 1.807) is 0 Å². The Morgan fingerprint density at radius 2 is 2.14 bits per heavy atom. The highest BCUT2D eigenvalue weighted by molar-refractivity contribution is 5.96. The van der Waals surface area contributed by atoms with Gasteiger partial charge in [0.15, 0.2) is 0 Å². The lowest BCUT2D eigenvalue weighted by atomic mass is 10.0. The van der Waals surface area contributed by atoms with Gasteiger partial charge in [-0.15, -0.1) is 12.4 Å². The Hall–Kier alpha value is -1.10. The first-order valence-corrected chi connectivity index (χ1v) is 7.59. The molecule has 4 nitrogen and oxygen atoms in total. The lowest BCUT2D eigenvalue weighted by Crippen LogP contribution is -2.53. The third-order valence-corrected chi connectivity index (χ3v) is 4.39. The largest absolute Gasteiger partial charge is 0.314 e. The zero-order valence-corrected chi connectivity index (χ0v) is 13.4. The summed E-state index contributed by atoms with van der Waals surface area (Å²) in [7, 11) is 0. The number of anilines is 1. The zero-order chi connectivity index (χ0) is 13.9. The molecule has 1 amide bonds. The van der Waals surface area contributed by atoms with Gasteiger partial charge in [-0.25, -0.2) is 0 Å². The SMILES string of the molecule is C[C@@H]1CNCCN1CC(=O)N1CCCc2ccccc21.Cl. The molecule has 0 unspecified atom stereocenters. The molecule has 2 aliphatic rings. The third kappa shape index (κ3) is 3.57. The molecule has 2 aliphatic heterocycles. The maximum Gasteiger partial charge on any atom is 0.241 e. The molecule has 1 aromatic rings. The number of amides is 1. The van der Waals surface area contributed by atoms with Gasteiger partial charge in [-0.2, -0.15) is 0 Å². The van der Waals surface area contributed by atoms with Crippen LogP contribution < -0.4 is 10.2 Å². The summed E-state index contributed by atoms with van der Waals surface area (Å²) in [5, 5.41) is 3.37. The van der Waals surface area contributed by atoms with E-state index in [2.05, 4.69) is 35.3 Å². The Morgan fingerprint density at radius 1 is 1.33 bits per heavy atom. The van der Waals surface area contributed by atoms with E-state index in [1.807, 2.05) is 11.0 Å². The van der Waals surface area contributed by atoms with E-state index in [1.165, 1.54) is 5.56 Å². The molecule has 3 rings (SSSR count). The normalized spacial score (nSPS) is 22.3. The molecule has 0 radical (unpaired) electrons. The van der Waals surface area contributed by atoms with E-state index in [9.17, 15) is 4.79 Å². The molecule has 0 bridgehead atoms. The van der Waals surface area contributed by atoms with Crippen LogP contribution in [-0.2, 0) is 11.2 Å². The van der Waals surface area contributed by atoms with Gasteiger partial charge < -0.3 is 10.2 Å². The van der Waals surface area contributed by atoms with E-state index in [0.29, 0.717) is 12.6 Å². The number of hydrogen-bond acceptors (Lipinski definition) is 3. The molecule has 1 aromatic carbocycles. The Kier molecular flexibility index (Phi) is 5.62. The number of halogens is 1. The number of fused-ring (bicyclic) bond motifs is 1. The number of carbonyl (C=O) groups is 1. The van der Waals surface area contributed by atoms with E-state index in [0.717, 1.165) is 44.7 Å². The minimum Gasteiger partial charge on any atom is -0.314 e. The van der Waals surface area contributed by atoms with Crippen molar-refractivity contribution in [3.8, 4) is 0 Å². The minimum absolute atomic E-state index is 0. The van der Waals surface area contributed by atoms with Crippen molar-refractivity contribution in [2.45, 2.75) is 25.8 Å². The van der Waals surface area contributed by atoms with Crippen LogP contribution in [0.5, 0.6) is 0 Å². The lowest BCUT2D eigenvalue weighted by molar-refractivity contribution is -0.120. The second-order valence-electron chi connectivity index (χ2n) is 5.80. The van der Waals surface area contributed by atoms with Crippen molar-refractivity contribution in [2.75, 3.05) is 37.6 Å². The standard InChI is InChI=1S/C16H23N3O.ClH/c1-13-11-17-8-10-18(13)12-16(20)19-9-4-6-14-5-2-3-7-15(14)19;/h2-3,5,7,13,17H,4,6,8-12H2,1H3;1H/t13-;/m1./s1. The van der Waals surface area contributed by atoms with Crippen molar-refractivity contribution in [2.24, 2.45) is 0 Å². The molecule has 5 heteroatoms. The van der Waals surface area contributed by atoms with Gasteiger partial charge in [0.05, 0.1) is 6.54 Å². The maximum atomic E-state index is 12.6. The smallest absolute Gasteiger partial charge is 0.241 e. The lowest BCUT2D eigenvalue weighted by Gasteiger charge is -2.36. The Labute approximate surface area is 132 Å². The quantitative estimate of drug-likeness (QED) is 0.903. The Morgan fingerprint density at radius 3 is 2.95 bits per heavy atom. The molecule has 2 heterocycles. The number of nitrogens with one attached hydrogen (secondary N) is 1. The van der Waals surface area contributed by atoms with Crippen LogP contribution in [0.1, 0.15) is 18.9 Å². The number of carbonyl (C=O) groups excluding carboxylic acids is 1. The third-order valence-electron chi connectivity index (χ3n) is 4.39. The highest BCUT2D eigenvalue weighted by Gasteiger charge is 2.26. The van der Waals surface area contributed by atoms with E-state index >= 15 is 0 Å². The van der Waals surface area contributed by atoms with Crippen molar-refractivity contribution in [3.05, 3.63) is 29.8 Å². The first kappa shape index (κ1) is 16.3. The molecular weight excluding hydrogens is 286 g/mol. The first-order chi connectivity index (χ1) is 9.75. The second kappa shape index (κ2) is 7.25. The van der Waals surface area contributed by atoms with Gasteiger partial charge in [0.1, 0.15) is 0 Å². The summed E-state index contributed by atoms with van der Waals surface area (Å²) in [5.41, 5.74) is 2.42. The van der Waals surface area contributed by atoms with Gasteiger partial charge in [-0.3, -0.25) is 9.69 Å². The zero-order valence-electron chi connectivity index (χ0n) is 12.5. The summed E-state index contributed by atoms with van der Waals surface area (Å²) < 4.78 is 0. The second-order valence-corrected chi connectivity index (χ2v) is 5.80. The molecule has 0 spiro atoms. The molecule has 0 aromatic heterocycles. The summed E-state index contributed by atoms with van der Waals surface area (Å²) in [6.07, 6.45) is 2.16. The predicted octanol–water partition coefficient (Wildman–Crippen LogP) is 1.68. The molecule has 1 atom stereocenters. The number of benzene rings is 1. The van der Waals surface area contributed by atoms with Crippen molar-refractivity contribution in [1.29, 1.82) is 0 Å². The van der Waals surface area contributed by atoms with Crippen LogP contribution in [0.4, 0.5) is 5.69 Å². The number of piperazine rings is 1. The fourth-order valence-corrected chi connectivity index (χ4v) is 3.17. The van der Waals surface area contributed by atoms with E-state index in [-0.39, 0.29) is 18.3 Å². The van der Waals surface area contributed by atoms with Gasteiger partial charge in [0, 0.05) is 37.9 Å². The van der Waals surface area contributed by atoms with Gasteiger partial charge >= 0.3 is 0 Å². The van der Waals surface area contributed by atoms with Crippen molar-refractivity contribution in [3.63, 3.8) is 0 Å². The molecule has 1 fully saturated rings. The maximum absolute atomic E-state index is 12.6. The highest BCUT2D eigenvalue weighted by atomic mass is 35.5. The monoisotopic (exact) mass is 309 g/mol. The molecular formula is C16H24ClN3O. The van der Waals surface area contributed by atoms with Gasteiger partial charge in [0.2, 0.25) is 5.91 Å². The van der Waals surface area contributed by atoms with Crippen molar-refractivity contribution >= 4 is 24.0 Å². The fourth-order valence-electron chi connectivity index (χ4n) is 3.17. The number of rotatable bonds is 2. The molecule has 0 aliphatic carbocycles. The Bertz CT molecular complexity index is 494. The number of hydrogen-bond donors (Lipinski definition) is 1. The molecule has 1 saturated heterocycles. The predicted molar refractivity (Wildman–Crippen MR) is 88.3 cm³/mol. The van der Waals surface area contributed by atoms with Gasteiger partial charge in [-0.05, 0) is 31.4 Å². The Balaban J connectivity index is 0.00000161. The van der Waals surface area contributed by atoms with E-state index < -0.39 is 0 Å². The van der Waals surface area contributed by atoms with Crippen molar-refractivity contribution < 1.29 is 4.79 Å². The van der Waals surface area contributed by atoms with Crippen LogP contribution in [0.25, 0.3) is 0 Å². The summed E-state index contributed by atoms with van der Waals surface area (Å²) in [5.74, 6) is 0.242. The van der Waals surface area contributed by atoms with E-state index in [4.69, 9.17) is 0 Å². The molecule has 0 saturated carbocycles. The van der Waals surface area contributed by atoms with Gasteiger partial charge in [-0.1, -0.05) is 18.2 Å². The summed E-state index contributed by atoms with van der Waals surface area (Å²) in [4.78, 5) is 16.9. The number of nitrogens with zero attached hydrogens (tertiary/aromatic N) is 2. The fraction of sp³-hybridized carbons (Fsp3) is 0.562.